The minimum atomic E-state index is -4.48. The minimum Gasteiger partial charge on any atom is -0.468 e. The fraction of sp³-hybridized carbons (Fsp3) is 0.455. The molecule has 0 saturated heterocycles. The number of nitrogens with one attached hydrogen (secondary N) is 2. The molecule has 0 saturated carbocycles. The van der Waals surface area contributed by atoms with E-state index in [9.17, 15) is 31.2 Å². The Morgan fingerprint density at radius 3 is 2.64 bits per heavy atom. The SMILES string of the molecule is Cc1cc(C(C)N2Cc3c(ccnc3CC(=O)NCCNS(C)(=O)=O)C2=O)cnc1OCC(F)(F)F. The van der Waals surface area contributed by atoms with Crippen LogP contribution in [0.2, 0.25) is 0 Å². The number of hydrogen-bond donors (Lipinski definition) is 2. The van der Waals surface area contributed by atoms with E-state index in [1.54, 1.807) is 30.9 Å². The van der Waals surface area contributed by atoms with Crippen molar-refractivity contribution in [1.82, 2.24) is 24.9 Å². The molecule has 0 bridgehead atoms. The molecule has 1 atom stereocenters. The molecule has 1 unspecified atom stereocenters. The van der Waals surface area contributed by atoms with Crippen molar-refractivity contribution in [3.8, 4) is 5.88 Å². The summed E-state index contributed by atoms with van der Waals surface area (Å²) in [6, 6.07) is 2.73. The highest BCUT2D eigenvalue weighted by Crippen LogP contribution is 2.33. The summed E-state index contributed by atoms with van der Waals surface area (Å²) in [5.41, 5.74) is 2.45. The van der Waals surface area contributed by atoms with Crippen LogP contribution in [0.15, 0.2) is 24.5 Å². The van der Waals surface area contributed by atoms with E-state index in [-0.39, 0.29) is 43.7 Å². The molecule has 0 spiro atoms. The van der Waals surface area contributed by atoms with Crippen molar-refractivity contribution in [2.75, 3.05) is 26.0 Å². The van der Waals surface area contributed by atoms with Gasteiger partial charge in [0.25, 0.3) is 5.91 Å². The Balaban J connectivity index is 1.67. The lowest BCUT2D eigenvalue weighted by molar-refractivity contribution is -0.154. The van der Waals surface area contributed by atoms with Gasteiger partial charge in [-0.3, -0.25) is 14.6 Å². The average molecular weight is 530 g/mol. The molecule has 1 aliphatic heterocycles. The van der Waals surface area contributed by atoms with Gasteiger partial charge < -0.3 is 15.0 Å². The highest BCUT2D eigenvalue weighted by molar-refractivity contribution is 7.88. The van der Waals surface area contributed by atoms with E-state index < -0.39 is 28.8 Å². The van der Waals surface area contributed by atoms with Gasteiger partial charge in [0.1, 0.15) is 0 Å². The Morgan fingerprint density at radius 1 is 1.28 bits per heavy atom. The van der Waals surface area contributed by atoms with Crippen LogP contribution in [0, 0.1) is 6.92 Å². The largest absolute Gasteiger partial charge is 0.468 e. The first-order valence-electron chi connectivity index (χ1n) is 10.9. The standard InChI is InChI=1S/C22H26F3N5O5S/c1-13-8-15(10-28-20(13)35-12-22(23,24)25)14(2)30-11-17-16(21(30)32)4-5-26-18(17)9-19(31)27-6-7-29-36(3,33)34/h4-5,8,10,14,29H,6-7,9,11-12H2,1-3H3,(H,27,31). The molecule has 3 rings (SSSR count). The number of aromatic nitrogens is 2. The van der Waals surface area contributed by atoms with E-state index in [0.29, 0.717) is 27.9 Å². The summed E-state index contributed by atoms with van der Waals surface area (Å²) in [7, 11) is -3.36. The van der Waals surface area contributed by atoms with Crippen LogP contribution in [0.4, 0.5) is 13.2 Å². The lowest BCUT2D eigenvalue weighted by Crippen LogP contribution is -2.35. The van der Waals surface area contributed by atoms with E-state index in [4.69, 9.17) is 4.74 Å². The molecule has 2 N–H and O–H groups in total. The zero-order valence-corrected chi connectivity index (χ0v) is 20.7. The Kier molecular flexibility index (Phi) is 8.19. The average Bonchev–Trinajstić information content (AvgIpc) is 3.11. The normalized spacial score (nSPS) is 14.5. The van der Waals surface area contributed by atoms with E-state index in [0.717, 1.165) is 6.26 Å². The number of nitrogens with zero attached hydrogens (tertiary/aromatic N) is 3. The predicted octanol–water partition coefficient (Wildman–Crippen LogP) is 1.65. The zero-order valence-electron chi connectivity index (χ0n) is 19.8. The van der Waals surface area contributed by atoms with Crippen LogP contribution in [-0.4, -0.2) is 67.2 Å². The van der Waals surface area contributed by atoms with Gasteiger partial charge >= 0.3 is 6.18 Å². The topological polar surface area (TPSA) is 131 Å². The molecular formula is C22H26F3N5O5S. The van der Waals surface area contributed by atoms with E-state index in [2.05, 4.69) is 20.0 Å². The molecule has 2 aromatic heterocycles. The maximum absolute atomic E-state index is 13.1. The van der Waals surface area contributed by atoms with Crippen molar-refractivity contribution in [3.63, 3.8) is 0 Å². The summed E-state index contributed by atoms with van der Waals surface area (Å²) in [5, 5.41) is 2.60. The summed E-state index contributed by atoms with van der Waals surface area (Å²) >= 11 is 0. The summed E-state index contributed by atoms with van der Waals surface area (Å²) in [6.07, 6.45) is -0.746. The van der Waals surface area contributed by atoms with Crippen molar-refractivity contribution in [2.24, 2.45) is 0 Å². The first-order chi connectivity index (χ1) is 16.7. The Bertz CT molecular complexity index is 1250. The number of aryl methyl sites for hydroxylation is 1. The molecule has 0 radical (unpaired) electrons. The maximum atomic E-state index is 13.1. The molecule has 36 heavy (non-hydrogen) atoms. The fourth-order valence-electron chi connectivity index (χ4n) is 3.72. The Hall–Kier alpha value is -3.26. The Labute approximate surface area is 206 Å². The molecular weight excluding hydrogens is 503 g/mol. The molecule has 196 valence electrons. The second kappa shape index (κ2) is 10.8. The molecule has 0 aromatic carbocycles. The number of carbonyl (C=O) groups excluding carboxylic acids is 2. The van der Waals surface area contributed by atoms with Crippen molar-refractivity contribution in [3.05, 3.63) is 52.5 Å². The fourth-order valence-corrected chi connectivity index (χ4v) is 4.19. The maximum Gasteiger partial charge on any atom is 0.422 e. The van der Waals surface area contributed by atoms with Gasteiger partial charge in [0.2, 0.25) is 21.8 Å². The summed E-state index contributed by atoms with van der Waals surface area (Å²) < 4.78 is 66.5. The van der Waals surface area contributed by atoms with Crippen molar-refractivity contribution in [1.29, 1.82) is 0 Å². The highest BCUT2D eigenvalue weighted by atomic mass is 32.2. The van der Waals surface area contributed by atoms with Gasteiger partial charge in [-0.05, 0) is 31.5 Å². The number of hydrogen-bond acceptors (Lipinski definition) is 7. The second-order valence-electron chi connectivity index (χ2n) is 8.38. The molecule has 2 amide bonds. The van der Waals surface area contributed by atoms with Crippen LogP contribution in [0.25, 0.3) is 0 Å². The second-order valence-corrected chi connectivity index (χ2v) is 10.2. The lowest BCUT2D eigenvalue weighted by Gasteiger charge is -2.25. The number of amides is 2. The first kappa shape index (κ1) is 27.3. The number of carbonyl (C=O) groups is 2. The van der Waals surface area contributed by atoms with Crippen LogP contribution in [-0.2, 0) is 27.8 Å². The van der Waals surface area contributed by atoms with Crippen molar-refractivity contribution in [2.45, 2.75) is 39.0 Å². The number of rotatable bonds is 10. The van der Waals surface area contributed by atoms with Gasteiger partial charge in [0.05, 0.1) is 24.4 Å². The quantitative estimate of drug-likeness (QED) is 0.448. The van der Waals surface area contributed by atoms with E-state index in [1.165, 1.54) is 12.4 Å². The number of halogens is 3. The summed E-state index contributed by atoms with van der Waals surface area (Å²) in [4.78, 5) is 35.2. The molecule has 14 heteroatoms. The molecule has 1 aliphatic rings. The van der Waals surface area contributed by atoms with Gasteiger partial charge in [0.15, 0.2) is 6.61 Å². The minimum absolute atomic E-state index is 0.0438. The van der Waals surface area contributed by atoms with Gasteiger partial charge in [-0.1, -0.05) is 0 Å². The first-order valence-corrected chi connectivity index (χ1v) is 12.8. The van der Waals surface area contributed by atoms with Gasteiger partial charge in [-0.2, -0.15) is 13.2 Å². The molecule has 0 aliphatic carbocycles. The van der Waals surface area contributed by atoms with Crippen LogP contribution < -0.4 is 14.8 Å². The molecule has 10 nitrogen and oxygen atoms in total. The summed E-state index contributed by atoms with van der Waals surface area (Å²) in [5.74, 6) is -0.781. The molecule has 3 heterocycles. The third-order valence-corrected chi connectivity index (χ3v) is 6.21. The summed E-state index contributed by atoms with van der Waals surface area (Å²) in [6.45, 7) is 2.22. The van der Waals surface area contributed by atoms with E-state index in [1.807, 2.05) is 0 Å². The molecule has 2 aromatic rings. The monoisotopic (exact) mass is 529 g/mol. The number of fused-ring (bicyclic) bond motifs is 1. The van der Waals surface area contributed by atoms with Gasteiger partial charge in [-0.25, -0.2) is 18.1 Å². The smallest absolute Gasteiger partial charge is 0.422 e. The number of alkyl halides is 3. The van der Waals surface area contributed by atoms with Gasteiger partial charge in [-0.15, -0.1) is 0 Å². The van der Waals surface area contributed by atoms with Crippen LogP contribution in [0.3, 0.4) is 0 Å². The third kappa shape index (κ3) is 7.13. The highest BCUT2D eigenvalue weighted by Gasteiger charge is 2.34. The van der Waals surface area contributed by atoms with Crippen LogP contribution >= 0.6 is 0 Å². The third-order valence-electron chi connectivity index (χ3n) is 5.48. The predicted molar refractivity (Wildman–Crippen MR) is 123 cm³/mol. The van der Waals surface area contributed by atoms with Gasteiger partial charge in [0, 0.05) is 48.7 Å². The zero-order chi connectivity index (χ0) is 26.7. The number of sulfonamides is 1. The lowest BCUT2D eigenvalue weighted by atomic mass is 10.1. The van der Waals surface area contributed by atoms with Crippen molar-refractivity contribution >= 4 is 21.8 Å². The van der Waals surface area contributed by atoms with E-state index >= 15 is 0 Å². The number of pyridine rings is 2. The number of ether oxygens (including phenoxy) is 1. The van der Waals surface area contributed by atoms with Crippen LogP contribution in [0.5, 0.6) is 5.88 Å². The van der Waals surface area contributed by atoms with Crippen LogP contribution in [0.1, 0.15) is 45.7 Å². The van der Waals surface area contributed by atoms with Crippen molar-refractivity contribution < 1.29 is 35.9 Å². The Morgan fingerprint density at radius 2 is 2.00 bits per heavy atom. The molecule has 0 fully saturated rings.